The molecule has 0 saturated heterocycles. The van der Waals surface area contributed by atoms with Gasteiger partial charge in [-0.1, -0.05) is 12.1 Å². The molecule has 1 aliphatic rings. The summed E-state index contributed by atoms with van der Waals surface area (Å²) in [5.41, 5.74) is 1.88. The Balaban J connectivity index is 1.59. The predicted octanol–water partition coefficient (Wildman–Crippen LogP) is 5.73. The van der Waals surface area contributed by atoms with Crippen LogP contribution in [0.1, 0.15) is 40.1 Å². The van der Waals surface area contributed by atoms with Crippen molar-refractivity contribution in [1.82, 2.24) is 4.90 Å². The van der Waals surface area contributed by atoms with Crippen LogP contribution in [0.25, 0.3) is 0 Å². The molecule has 0 bridgehead atoms. The molecule has 0 spiro atoms. The molecule has 202 valence electrons. The number of hydrogen-bond acceptors (Lipinski definition) is 9. The maximum absolute atomic E-state index is 12.7. The number of hydrogen-bond donors (Lipinski definition) is 1. The molecule has 3 amide bonds. The van der Waals surface area contributed by atoms with Gasteiger partial charge >= 0.3 is 0 Å². The lowest BCUT2D eigenvalue weighted by Gasteiger charge is -2.26. The van der Waals surface area contributed by atoms with Gasteiger partial charge in [-0.25, -0.2) is 0 Å². The lowest BCUT2D eigenvalue weighted by atomic mass is 10.1. The average molecular weight is 604 g/mol. The highest BCUT2D eigenvalue weighted by Gasteiger charge is 2.35. The maximum atomic E-state index is 12.7. The predicted molar refractivity (Wildman–Crippen MR) is 150 cm³/mol. The molecule has 0 aromatic heterocycles. The first kappa shape index (κ1) is 28.1. The standard InChI is InChI=1S/C27H22BrN7O5/c1-3-33(10-11-34-26(37)20-6-4-5-7-21(20)27(34)38)18-8-9-23(24(14-18)30-16(2)36)31-32-25-17(15-29)12-19(35(39)40)13-22(25)28/h4-9,12-14H,3,10-11H2,1-2H3,(H,30,36)/b32-31+. The Bertz CT molecular complexity index is 1580. The van der Waals surface area contributed by atoms with Crippen LogP contribution < -0.4 is 10.2 Å². The second-order valence-corrected chi connectivity index (χ2v) is 9.52. The lowest BCUT2D eigenvalue weighted by molar-refractivity contribution is -0.384. The van der Waals surface area contributed by atoms with E-state index in [1.165, 1.54) is 17.9 Å². The number of nitro groups is 1. The van der Waals surface area contributed by atoms with Crippen LogP contribution in [0.2, 0.25) is 0 Å². The molecule has 1 heterocycles. The summed E-state index contributed by atoms with van der Waals surface area (Å²) in [4.78, 5) is 51.1. The third-order valence-corrected chi connectivity index (χ3v) is 6.75. The second kappa shape index (κ2) is 11.8. The van der Waals surface area contributed by atoms with E-state index in [1.54, 1.807) is 42.5 Å². The number of benzene rings is 3. The van der Waals surface area contributed by atoms with Crippen LogP contribution in [0, 0.1) is 21.4 Å². The Kier molecular flexibility index (Phi) is 8.30. The van der Waals surface area contributed by atoms with Crippen LogP contribution >= 0.6 is 15.9 Å². The topological polar surface area (TPSA) is 161 Å². The van der Waals surface area contributed by atoms with E-state index in [4.69, 9.17) is 0 Å². The molecule has 0 unspecified atom stereocenters. The smallest absolute Gasteiger partial charge is 0.272 e. The number of carbonyl (C=O) groups is 3. The first-order valence-electron chi connectivity index (χ1n) is 12.1. The van der Waals surface area contributed by atoms with E-state index in [1.807, 2.05) is 17.9 Å². The Morgan fingerprint density at radius 1 is 1.12 bits per heavy atom. The number of halogens is 1. The third-order valence-electron chi connectivity index (χ3n) is 6.15. The van der Waals surface area contributed by atoms with Gasteiger partial charge in [-0.2, -0.15) is 5.26 Å². The van der Waals surface area contributed by atoms with E-state index >= 15 is 0 Å². The minimum absolute atomic E-state index is 0.0483. The molecule has 13 heteroatoms. The maximum Gasteiger partial charge on any atom is 0.272 e. The number of likely N-dealkylation sites (N-methyl/N-ethyl adjacent to an activating group) is 1. The van der Waals surface area contributed by atoms with E-state index < -0.39 is 4.92 Å². The fourth-order valence-corrected chi connectivity index (χ4v) is 4.74. The van der Waals surface area contributed by atoms with E-state index in [0.717, 1.165) is 6.07 Å². The monoisotopic (exact) mass is 603 g/mol. The zero-order valence-electron chi connectivity index (χ0n) is 21.4. The van der Waals surface area contributed by atoms with Crippen molar-refractivity contribution < 1.29 is 19.3 Å². The molecule has 4 rings (SSSR count). The fraction of sp³-hybridized carbons (Fsp3) is 0.185. The SMILES string of the molecule is CCN(CCN1C(=O)c2ccccc2C1=O)c1ccc(/N=N/c2c(Br)cc([N+](=O)[O-])cc2C#N)c(NC(C)=O)c1. The Morgan fingerprint density at radius 2 is 1.80 bits per heavy atom. The summed E-state index contributed by atoms with van der Waals surface area (Å²) in [7, 11) is 0. The first-order chi connectivity index (χ1) is 19.1. The van der Waals surface area contributed by atoms with Gasteiger partial charge < -0.3 is 10.2 Å². The van der Waals surface area contributed by atoms with Crippen molar-refractivity contribution in [3.8, 4) is 6.07 Å². The highest BCUT2D eigenvalue weighted by atomic mass is 79.9. The molecule has 0 saturated carbocycles. The molecule has 12 nitrogen and oxygen atoms in total. The van der Waals surface area contributed by atoms with Crippen molar-refractivity contribution in [1.29, 1.82) is 5.26 Å². The molecule has 0 radical (unpaired) electrons. The van der Waals surface area contributed by atoms with Crippen molar-refractivity contribution in [2.24, 2.45) is 10.2 Å². The summed E-state index contributed by atoms with van der Waals surface area (Å²) in [5.74, 6) is -1.02. The minimum atomic E-state index is -0.617. The number of nitrogens with zero attached hydrogens (tertiary/aromatic N) is 6. The van der Waals surface area contributed by atoms with E-state index in [9.17, 15) is 29.8 Å². The van der Waals surface area contributed by atoms with Crippen LogP contribution in [0.5, 0.6) is 0 Å². The number of fused-ring (bicyclic) bond motifs is 1. The highest BCUT2D eigenvalue weighted by Crippen LogP contribution is 2.37. The number of nitrogens with one attached hydrogen (secondary N) is 1. The van der Waals surface area contributed by atoms with Crippen LogP contribution in [-0.4, -0.2) is 47.2 Å². The molecule has 3 aromatic carbocycles. The average Bonchev–Trinajstić information content (AvgIpc) is 3.17. The number of imide groups is 1. The van der Waals surface area contributed by atoms with Crippen molar-refractivity contribution >= 4 is 62.1 Å². The summed E-state index contributed by atoms with van der Waals surface area (Å²) in [5, 5.41) is 31.6. The molecule has 1 aliphatic heterocycles. The number of anilines is 2. The van der Waals surface area contributed by atoms with Crippen LogP contribution in [0.3, 0.4) is 0 Å². The number of carbonyl (C=O) groups excluding carboxylic acids is 3. The van der Waals surface area contributed by atoms with Gasteiger partial charge in [0, 0.05) is 44.4 Å². The van der Waals surface area contributed by atoms with Gasteiger partial charge in [0.05, 0.1) is 31.8 Å². The fourth-order valence-electron chi connectivity index (χ4n) is 4.21. The van der Waals surface area contributed by atoms with Crippen molar-refractivity contribution in [3.05, 3.63) is 85.9 Å². The number of azo groups is 1. The largest absolute Gasteiger partial charge is 0.370 e. The van der Waals surface area contributed by atoms with Crippen molar-refractivity contribution in [3.63, 3.8) is 0 Å². The van der Waals surface area contributed by atoms with Crippen LogP contribution in [0.4, 0.5) is 28.4 Å². The third kappa shape index (κ3) is 5.71. The van der Waals surface area contributed by atoms with Gasteiger partial charge in [0.1, 0.15) is 17.4 Å². The number of amides is 3. The van der Waals surface area contributed by atoms with Gasteiger partial charge in [-0.15, -0.1) is 10.2 Å². The molecule has 0 fully saturated rings. The van der Waals surface area contributed by atoms with Gasteiger partial charge in [0.25, 0.3) is 17.5 Å². The Labute approximate surface area is 237 Å². The van der Waals surface area contributed by atoms with E-state index in [2.05, 4.69) is 31.5 Å². The van der Waals surface area contributed by atoms with Crippen molar-refractivity contribution in [2.45, 2.75) is 13.8 Å². The quantitative estimate of drug-likeness (QED) is 0.141. The van der Waals surface area contributed by atoms with Gasteiger partial charge in [-0.3, -0.25) is 29.4 Å². The molecule has 3 aromatic rings. The minimum Gasteiger partial charge on any atom is -0.370 e. The first-order valence-corrected chi connectivity index (χ1v) is 12.9. The molecular weight excluding hydrogens is 582 g/mol. The van der Waals surface area contributed by atoms with E-state index in [-0.39, 0.29) is 51.4 Å². The van der Waals surface area contributed by atoms with Gasteiger partial charge in [-0.05, 0) is 53.2 Å². The zero-order chi connectivity index (χ0) is 29.0. The van der Waals surface area contributed by atoms with Crippen LogP contribution in [-0.2, 0) is 4.79 Å². The number of nitriles is 1. The van der Waals surface area contributed by atoms with Crippen molar-refractivity contribution in [2.75, 3.05) is 29.9 Å². The lowest BCUT2D eigenvalue weighted by Crippen LogP contribution is -2.38. The summed E-state index contributed by atoms with van der Waals surface area (Å²) in [6, 6.07) is 16.0. The summed E-state index contributed by atoms with van der Waals surface area (Å²) >= 11 is 3.20. The molecule has 0 aliphatic carbocycles. The molecule has 40 heavy (non-hydrogen) atoms. The second-order valence-electron chi connectivity index (χ2n) is 8.66. The normalized spacial score (nSPS) is 12.4. The summed E-state index contributed by atoms with van der Waals surface area (Å²) < 4.78 is 0.213. The Hall–Kier alpha value is -4.96. The number of non-ortho nitro benzene ring substituents is 1. The Morgan fingerprint density at radius 3 is 2.38 bits per heavy atom. The molecule has 1 N–H and O–H groups in total. The number of rotatable bonds is 9. The van der Waals surface area contributed by atoms with Crippen LogP contribution in [0.15, 0.2) is 69.3 Å². The zero-order valence-corrected chi connectivity index (χ0v) is 23.0. The number of nitro benzene ring substituents is 1. The van der Waals surface area contributed by atoms with Gasteiger partial charge in [0.2, 0.25) is 5.91 Å². The molecule has 0 atom stereocenters. The highest BCUT2D eigenvalue weighted by molar-refractivity contribution is 9.10. The van der Waals surface area contributed by atoms with Gasteiger partial charge in [0.15, 0.2) is 0 Å². The van der Waals surface area contributed by atoms with E-state index in [0.29, 0.717) is 35.6 Å². The molecular formula is C27H22BrN7O5. The summed E-state index contributed by atoms with van der Waals surface area (Å²) in [6.07, 6.45) is 0. The summed E-state index contributed by atoms with van der Waals surface area (Å²) in [6.45, 7) is 4.33.